The van der Waals surface area contributed by atoms with Gasteiger partial charge in [0.2, 0.25) is 0 Å². The van der Waals surface area contributed by atoms with Gasteiger partial charge >= 0.3 is 0 Å². The van der Waals surface area contributed by atoms with Gasteiger partial charge in [-0.25, -0.2) is 4.98 Å². The van der Waals surface area contributed by atoms with Crippen molar-refractivity contribution in [3.8, 4) is 11.4 Å². The maximum absolute atomic E-state index is 6.33. The van der Waals surface area contributed by atoms with Crippen molar-refractivity contribution in [3.05, 3.63) is 78.1 Å². The van der Waals surface area contributed by atoms with Gasteiger partial charge in [-0.3, -0.25) is 0 Å². The first-order chi connectivity index (χ1) is 10.2. The highest BCUT2D eigenvalue weighted by Crippen LogP contribution is 2.20. The van der Waals surface area contributed by atoms with Crippen molar-refractivity contribution in [2.45, 2.75) is 19.5 Å². The van der Waals surface area contributed by atoms with Crippen LogP contribution in [-0.4, -0.2) is 9.55 Å². The standard InChI is InChI=1S/C18H19N3/c1-14-7-9-15(10-8-14)17(19)13-21-12-11-20-18(21)16-5-3-2-4-6-16/h2-12,17H,13,19H2,1H3. The minimum absolute atomic E-state index is 0.0396. The van der Waals surface area contributed by atoms with Crippen LogP contribution in [0.25, 0.3) is 11.4 Å². The molecule has 1 unspecified atom stereocenters. The lowest BCUT2D eigenvalue weighted by molar-refractivity contribution is 0.581. The Hall–Kier alpha value is -2.39. The normalized spacial score (nSPS) is 12.3. The Morgan fingerprint density at radius 1 is 1.05 bits per heavy atom. The second-order valence-corrected chi connectivity index (χ2v) is 5.29. The quantitative estimate of drug-likeness (QED) is 0.792. The van der Waals surface area contributed by atoms with Crippen LogP contribution in [0.5, 0.6) is 0 Å². The second-order valence-electron chi connectivity index (χ2n) is 5.29. The lowest BCUT2D eigenvalue weighted by Crippen LogP contribution is -2.17. The minimum Gasteiger partial charge on any atom is -0.329 e. The van der Waals surface area contributed by atoms with Gasteiger partial charge in [-0.2, -0.15) is 0 Å². The van der Waals surface area contributed by atoms with Gasteiger partial charge in [0.05, 0.1) is 0 Å². The van der Waals surface area contributed by atoms with Crippen LogP contribution in [0.3, 0.4) is 0 Å². The molecule has 0 amide bonds. The monoisotopic (exact) mass is 277 g/mol. The van der Waals surface area contributed by atoms with E-state index in [1.54, 1.807) is 0 Å². The fourth-order valence-electron chi connectivity index (χ4n) is 2.44. The molecule has 0 fully saturated rings. The van der Waals surface area contributed by atoms with Crippen molar-refractivity contribution >= 4 is 0 Å². The molecule has 0 radical (unpaired) electrons. The molecule has 21 heavy (non-hydrogen) atoms. The van der Waals surface area contributed by atoms with E-state index in [2.05, 4.69) is 52.9 Å². The highest BCUT2D eigenvalue weighted by atomic mass is 15.1. The lowest BCUT2D eigenvalue weighted by atomic mass is 10.1. The maximum Gasteiger partial charge on any atom is 0.139 e. The van der Waals surface area contributed by atoms with E-state index < -0.39 is 0 Å². The molecular formula is C18H19N3. The van der Waals surface area contributed by atoms with Gasteiger partial charge in [-0.05, 0) is 12.5 Å². The highest BCUT2D eigenvalue weighted by molar-refractivity contribution is 5.55. The smallest absolute Gasteiger partial charge is 0.139 e. The number of aryl methyl sites for hydroxylation is 1. The van der Waals surface area contributed by atoms with E-state index in [0.717, 1.165) is 17.0 Å². The van der Waals surface area contributed by atoms with Crippen LogP contribution >= 0.6 is 0 Å². The first-order valence-electron chi connectivity index (χ1n) is 7.13. The number of nitrogens with zero attached hydrogens (tertiary/aromatic N) is 2. The summed E-state index contributed by atoms with van der Waals surface area (Å²) in [5.74, 6) is 0.957. The van der Waals surface area contributed by atoms with E-state index in [4.69, 9.17) is 5.73 Å². The fraction of sp³-hybridized carbons (Fsp3) is 0.167. The number of nitrogens with two attached hydrogens (primary N) is 1. The van der Waals surface area contributed by atoms with Gasteiger partial charge in [0.15, 0.2) is 0 Å². The molecule has 1 aromatic heterocycles. The zero-order valence-electron chi connectivity index (χ0n) is 12.1. The zero-order valence-corrected chi connectivity index (χ0v) is 12.1. The third-order valence-electron chi connectivity index (χ3n) is 3.65. The lowest BCUT2D eigenvalue weighted by Gasteiger charge is -2.15. The van der Waals surface area contributed by atoms with Crippen molar-refractivity contribution in [1.82, 2.24) is 9.55 Å². The third kappa shape index (κ3) is 3.03. The summed E-state index contributed by atoms with van der Waals surface area (Å²) in [4.78, 5) is 4.45. The molecule has 1 heterocycles. The van der Waals surface area contributed by atoms with Crippen LogP contribution in [0, 0.1) is 6.92 Å². The molecule has 2 N–H and O–H groups in total. The number of hydrogen-bond donors (Lipinski definition) is 1. The van der Waals surface area contributed by atoms with Crippen molar-refractivity contribution in [1.29, 1.82) is 0 Å². The van der Waals surface area contributed by atoms with Gasteiger partial charge in [-0.1, -0.05) is 60.2 Å². The van der Waals surface area contributed by atoms with Crippen LogP contribution in [0.2, 0.25) is 0 Å². The number of aromatic nitrogens is 2. The van der Waals surface area contributed by atoms with Crippen molar-refractivity contribution in [2.75, 3.05) is 0 Å². The molecule has 3 heteroatoms. The molecule has 106 valence electrons. The number of rotatable bonds is 4. The molecule has 0 bridgehead atoms. The summed E-state index contributed by atoms with van der Waals surface area (Å²) in [5.41, 5.74) is 9.84. The molecule has 0 aliphatic carbocycles. The molecular weight excluding hydrogens is 258 g/mol. The molecule has 1 atom stereocenters. The average molecular weight is 277 g/mol. The Bertz CT molecular complexity index is 699. The number of benzene rings is 2. The maximum atomic E-state index is 6.33. The Morgan fingerprint density at radius 3 is 2.48 bits per heavy atom. The average Bonchev–Trinajstić information content (AvgIpc) is 2.97. The summed E-state index contributed by atoms with van der Waals surface area (Å²) >= 11 is 0. The van der Waals surface area contributed by atoms with Gasteiger partial charge in [0.1, 0.15) is 5.82 Å². The molecule has 0 spiro atoms. The summed E-state index contributed by atoms with van der Waals surface area (Å²) in [5, 5.41) is 0. The molecule has 3 aromatic rings. The summed E-state index contributed by atoms with van der Waals surface area (Å²) in [6, 6.07) is 18.5. The molecule has 3 nitrogen and oxygen atoms in total. The van der Waals surface area contributed by atoms with Crippen LogP contribution in [-0.2, 0) is 6.54 Å². The highest BCUT2D eigenvalue weighted by Gasteiger charge is 2.11. The minimum atomic E-state index is -0.0396. The first kappa shape index (κ1) is 13.6. The largest absolute Gasteiger partial charge is 0.329 e. The van der Waals surface area contributed by atoms with Crippen molar-refractivity contribution in [3.63, 3.8) is 0 Å². The second kappa shape index (κ2) is 5.94. The van der Waals surface area contributed by atoms with E-state index in [9.17, 15) is 0 Å². The molecule has 0 saturated carbocycles. The summed E-state index contributed by atoms with van der Waals surface area (Å²) in [7, 11) is 0. The predicted octanol–water partition coefficient (Wildman–Crippen LogP) is 3.56. The van der Waals surface area contributed by atoms with Crippen molar-refractivity contribution < 1.29 is 0 Å². The third-order valence-corrected chi connectivity index (χ3v) is 3.65. The van der Waals surface area contributed by atoms with E-state index >= 15 is 0 Å². The predicted molar refractivity (Wildman–Crippen MR) is 85.8 cm³/mol. The summed E-state index contributed by atoms with van der Waals surface area (Å²) in [6.45, 7) is 2.80. The Labute approximate surface area is 125 Å². The van der Waals surface area contributed by atoms with Gasteiger partial charge in [0.25, 0.3) is 0 Å². The molecule has 0 aliphatic rings. The Balaban J connectivity index is 1.83. The SMILES string of the molecule is Cc1ccc(C(N)Cn2ccnc2-c2ccccc2)cc1. The van der Waals surface area contributed by atoms with E-state index in [0.29, 0.717) is 6.54 Å². The fourth-order valence-corrected chi connectivity index (χ4v) is 2.44. The van der Waals surface area contributed by atoms with Gasteiger partial charge in [-0.15, -0.1) is 0 Å². The first-order valence-corrected chi connectivity index (χ1v) is 7.13. The molecule has 0 aliphatic heterocycles. The molecule has 2 aromatic carbocycles. The van der Waals surface area contributed by atoms with Gasteiger partial charge < -0.3 is 10.3 Å². The number of hydrogen-bond acceptors (Lipinski definition) is 2. The van der Waals surface area contributed by atoms with Crippen LogP contribution in [0.1, 0.15) is 17.2 Å². The van der Waals surface area contributed by atoms with E-state index in [1.165, 1.54) is 5.56 Å². The van der Waals surface area contributed by atoms with E-state index in [-0.39, 0.29) is 6.04 Å². The van der Waals surface area contributed by atoms with Crippen LogP contribution < -0.4 is 5.73 Å². The zero-order chi connectivity index (χ0) is 14.7. The Morgan fingerprint density at radius 2 is 1.76 bits per heavy atom. The van der Waals surface area contributed by atoms with Crippen molar-refractivity contribution in [2.24, 2.45) is 5.73 Å². The van der Waals surface area contributed by atoms with Crippen LogP contribution in [0.15, 0.2) is 67.0 Å². The summed E-state index contributed by atoms with van der Waals surface area (Å²) in [6.07, 6.45) is 3.81. The van der Waals surface area contributed by atoms with E-state index in [1.807, 2.05) is 30.6 Å². The Kier molecular flexibility index (Phi) is 3.84. The van der Waals surface area contributed by atoms with Gasteiger partial charge in [0, 0.05) is 30.5 Å². The van der Waals surface area contributed by atoms with Crippen LogP contribution in [0.4, 0.5) is 0 Å². The molecule has 0 saturated heterocycles. The number of imidazole rings is 1. The molecule has 3 rings (SSSR count). The summed E-state index contributed by atoms with van der Waals surface area (Å²) < 4.78 is 2.11. The topological polar surface area (TPSA) is 43.8 Å².